The Morgan fingerprint density at radius 1 is 0.600 bits per heavy atom. The highest BCUT2D eigenvalue weighted by Crippen LogP contribution is 2.14. The maximum absolute atomic E-state index is 12.2. The van der Waals surface area contributed by atoms with Crippen molar-refractivity contribution in [1.82, 2.24) is 31.9 Å². The normalized spacial score (nSPS) is 12.0. The first kappa shape index (κ1) is 66.9. The fourth-order valence-corrected chi connectivity index (χ4v) is 6.11. The summed E-state index contributed by atoms with van der Waals surface area (Å²) >= 11 is 4.26. The van der Waals surface area contributed by atoms with Crippen molar-refractivity contribution >= 4 is 51.6 Å². The number of carboxylic acids is 1. The van der Waals surface area contributed by atoms with Crippen molar-refractivity contribution in [2.24, 2.45) is 0 Å². The van der Waals surface area contributed by atoms with Crippen LogP contribution in [0.1, 0.15) is 149 Å². The Kier molecular flexibility index (Phi) is 55.8. The van der Waals surface area contributed by atoms with Gasteiger partial charge in [-0.15, -0.1) is 0 Å². The fourth-order valence-electron chi connectivity index (χ4n) is 5.88. The van der Waals surface area contributed by atoms with Gasteiger partial charge in [0.1, 0.15) is 25.3 Å². The molecule has 18 heteroatoms. The van der Waals surface area contributed by atoms with E-state index >= 15 is 0 Å². The Morgan fingerprint density at radius 3 is 1.46 bits per heavy atom. The van der Waals surface area contributed by atoms with Crippen molar-refractivity contribution in [3.63, 3.8) is 0 Å². The number of hydrogen-bond donors (Lipinski definition) is 8. The van der Waals surface area contributed by atoms with Gasteiger partial charge in [0, 0.05) is 43.8 Å². The molecule has 0 heterocycles. The smallest absolute Gasteiger partial charge is 0.326 e. The van der Waals surface area contributed by atoms with Crippen LogP contribution in [0.25, 0.3) is 0 Å². The van der Waals surface area contributed by atoms with Crippen LogP contribution in [0.2, 0.25) is 0 Å². The molecule has 384 valence electrons. The van der Waals surface area contributed by atoms with Crippen molar-refractivity contribution < 1.29 is 48.0 Å². The molecule has 0 saturated carbocycles. The van der Waals surface area contributed by atoms with Gasteiger partial charge in [0.15, 0.2) is 0 Å². The van der Waals surface area contributed by atoms with Gasteiger partial charge in [-0.1, -0.05) is 99.8 Å². The molecule has 65 heavy (non-hydrogen) atoms. The molecule has 4 atom stereocenters. The van der Waals surface area contributed by atoms with Crippen LogP contribution >= 0.6 is 21.9 Å². The zero-order valence-corrected chi connectivity index (χ0v) is 43.3. The van der Waals surface area contributed by atoms with Gasteiger partial charge in [0.25, 0.3) is 0 Å². The maximum Gasteiger partial charge on any atom is 0.326 e. The minimum Gasteiger partial charge on any atom is -0.480 e. The highest BCUT2D eigenvalue weighted by Gasteiger charge is 2.19. The Labute approximate surface area is 402 Å². The second-order valence-corrected chi connectivity index (χ2v) is 16.8. The first-order valence-corrected chi connectivity index (χ1v) is 25.6. The SMILES string of the molecule is C=C(CCCCCCCCCCCCCCCS)N[C@@H](CCC(=O)NCCOCCOCC(=O)NCCOCCOCC(=O)NCCCCC(C)NC)C(=O)O.CCC(C)NC.O=CP. The maximum atomic E-state index is 12.2. The van der Waals surface area contributed by atoms with Crippen molar-refractivity contribution in [3.8, 4) is 0 Å². The number of hydrogen-bond acceptors (Lipinski definition) is 13. The van der Waals surface area contributed by atoms with Crippen LogP contribution in [0.3, 0.4) is 0 Å². The number of ether oxygens (including phenoxy) is 4. The van der Waals surface area contributed by atoms with Gasteiger partial charge in [-0.25, -0.2) is 4.79 Å². The summed E-state index contributed by atoms with van der Waals surface area (Å²) in [6.07, 6.45) is 21.6. The lowest BCUT2D eigenvalue weighted by Crippen LogP contribution is -2.37. The van der Waals surface area contributed by atoms with Gasteiger partial charge >= 0.3 is 5.97 Å². The topological polar surface area (TPSA) is 215 Å². The Hall–Kier alpha value is -2.37. The van der Waals surface area contributed by atoms with E-state index in [-0.39, 0.29) is 76.7 Å². The van der Waals surface area contributed by atoms with Gasteiger partial charge in [-0.05, 0) is 78.6 Å². The number of aliphatic carboxylic acids is 1. The molecule has 0 bridgehead atoms. The minimum absolute atomic E-state index is 0.00842. The van der Waals surface area contributed by atoms with Crippen LogP contribution in [0, 0.1) is 0 Å². The summed E-state index contributed by atoms with van der Waals surface area (Å²) < 4.78 is 21.5. The van der Waals surface area contributed by atoms with E-state index in [1.807, 2.05) is 23.3 Å². The predicted molar refractivity (Wildman–Crippen MR) is 271 cm³/mol. The molecule has 3 amide bonds. The minimum atomic E-state index is -1.00. The van der Waals surface area contributed by atoms with E-state index < -0.39 is 12.0 Å². The molecule has 0 aromatic carbocycles. The molecule has 0 spiro atoms. The van der Waals surface area contributed by atoms with Crippen LogP contribution in [0.5, 0.6) is 0 Å². The number of amides is 3. The fraction of sp³-hybridized carbons (Fsp3) is 0.851. The zero-order chi connectivity index (χ0) is 49.0. The monoisotopic (exact) mass is 967 g/mol. The Balaban J connectivity index is -0.00000386. The third-order valence-corrected chi connectivity index (χ3v) is 10.6. The molecule has 0 fully saturated rings. The molecular weight excluding hydrogens is 872 g/mol. The summed E-state index contributed by atoms with van der Waals surface area (Å²) in [5, 5.41) is 27.2. The standard InChI is InChI=1S/C41H79N5O9S.C5H13N.CH3OP/c1-35(42-3)19-16-17-23-43-39(48)33-54-30-29-53-27-25-45-40(49)34-55-31-28-52-26-24-44-38(47)22-21-37(41(50)51)46-36(2)20-15-13-11-9-7-5-4-6-8-10-12-14-18-32-56;1-4-5(2)6-3;2-1-3/h35,37,42,46,56H,2,4-34H2,1,3H3,(H,43,48)(H,44,47)(H,45,49)(H,50,51);5-6H,4H2,1-3H3;1H,3H2/t35?,37-;;/m0../s1. The summed E-state index contributed by atoms with van der Waals surface area (Å²) in [6.45, 7) is 13.2. The molecule has 0 saturated heterocycles. The van der Waals surface area contributed by atoms with Crippen LogP contribution < -0.4 is 31.9 Å². The van der Waals surface area contributed by atoms with E-state index in [4.69, 9.17) is 23.7 Å². The van der Waals surface area contributed by atoms with E-state index in [1.54, 1.807) is 0 Å². The number of allylic oxidation sites excluding steroid dienone is 1. The number of nitrogens with one attached hydrogen (secondary N) is 6. The molecule has 0 aromatic heterocycles. The van der Waals surface area contributed by atoms with Gasteiger partial charge in [0.05, 0.1) is 39.6 Å². The van der Waals surface area contributed by atoms with Gasteiger partial charge in [0.2, 0.25) is 17.7 Å². The van der Waals surface area contributed by atoms with Crippen molar-refractivity contribution in [3.05, 3.63) is 12.3 Å². The number of carbonyl (C=O) groups excluding carboxylic acids is 4. The Morgan fingerprint density at radius 2 is 1.03 bits per heavy atom. The molecule has 16 nitrogen and oxygen atoms in total. The third kappa shape index (κ3) is 55.9. The van der Waals surface area contributed by atoms with Crippen LogP contribution in [0.15, 0.2) is 12.3 Å². The number of rotatable bonds is 45. The van der Waals surface area contributed by atoms with Crippen LogP contribution in [-0.2, 0) is 42.9 Å². The van der Waals surface area contributed by atoms with Crippen LogP contribution in [-0.4, -0.2) is 145 Å². The third-order valence-electron chi connectivity index (χ3n) is 10.3. The van der Waals surface area contributed by atoms with Crippen molar-refractivity contribution in [1.29, 1.82) is 0 Å². The molecule has 7 N–H and O–H groups in total. The van der Waals surface area contributed by atoms with E-state index in [2.05, 4.69) is 71.9 Å². The Bertz CT molecular complexity index is 1130. The molecule has 0 rings (SSSR count). The molecular formula is C47H95N6O10PS. The lowest BCUT2D eigenvalue weighted by molar-refractivity contribution is -0.139. The molecule has 0 radical (unpaired) electrons. The quantitative estimate of drug-likeness (QED) is 0.0153. The summed E-state index contributed by atoms with van der Waals surface area (Å²) in [7, 11) is 5.82. The molecule has 0 aliphatic rings. The largest absolute Gasteiger partial charge is 0.480 e. The second-order valence-electron chi connectivity index (χ2n) is 16.0. The van der Waals surface area contributed by atoms with Crippen LogP contribution in [0.4, 0.5) is 0 Å². The summed E-state index contributed by atoms with van der Waals surface area (Å²) in [5.74, 6) is -0.673. The van der Waals surface area contributed by atoms with Crippen molar-refractivity contribution in [2.75, 3.05) is 92.3 Å². The second kappa shape index (κ2) is 54.2. The number of carboxylic acid groups (broad SMARTS) is 1. The average Bonchev–Trinajstić information content (AvgIpc) is 3.29. The highest BCUT2D eigenvalue weighted by molar-refractivity contribution is 7.80. The van der Waals surface area contributed by atoms with Gasteiger partial charge in [-0.2, -0.15) is 12.6 Å². The first-order valence-electron chi connectivity index (χ1n) is 24.3. The molecule has 0 aromatic rings. The number of thiol groups is 1. The number of carbonyl (C=O) groups is 5. The molecule has 3 unspecified atom stereocenters. The lowest BCUT2D eigenvalue weighted by atomic mass is 10.0. The molecule has 0 aliphatic heterocycles. The summed E-state index contributed by atoms with van der Waals surface area (Å²) in [4.78, 5) is 56.4. The lowest BCUT2D eigenvalue weighted by Gasteiger charge is -2.17. The van der Waals surface area contributed by atoms with E-state index in [9.17, 15) is 24.3 Å². The van der Waals surface area contributed by atoms with Gasteiger partial charge in [-0.3, -0.25) is 19.2 Å². The van der Waals surface area contributed by atoms with E-state index in [0.29, 0.717) is 50.1 Å². The summed E-state index contributed by atoms with van der Waals surface area (Å²) in [6, 6.07) is 0.966. The van der Waals surface area contributed by atoms with Crippen molar-refractivity contribution in [2.45, 2.75) is 167 Å². The first-order chi connectivity index (χ1) is 31.4. The average molecular weight is 967 g/mol. The van der Waals surface area contributed by atoms with E-state index in [1.165, 1.54) is 77.0 Å². The van der Waals surface area contributed by atoms with E-state index in [0.717, 1.165) is 44.3 Å². The summed E-state index contributed by atoms with van der Waals surface area (Å²) in [5.41, 5.74) is 0.697. The number of unbranched alkanes of at least 4 members (excludes halogenated alkanes) is 13. The molecule has 0 aliphatic carbocycles. The zero-order valence-electron chi connectivity index (χ0n) is 41.3. The van der Waals surface area contributed by atoms with Gasteiger partial charge < -0.3 is 56.0 Å². The highest BCUT2D eigenvalue weighted by atomic mass is 32.1. The predicted octanol–water partition coefficient (Wildman–Crippen LogP) is 5.96.